The molecule has 0 saturated heterocycles. The summed E-state index contributed by atoms with van der Waals surface area (Å²) >= 11 is 0. The maximum atomic E-state index is 11.9. The molecule has 0 bridgehead atoms. The van der Waals surface area contributed by atoms with E-state index in [1.54, 1.807) is 16.6 Å². The van der Waals surface area contributed by atoms with Crippen molar-refractivity contribution in [1.82, 2.24) is 19.6 Å². The molecule has 7 nitrogen and oxygen atoms in total. The molecular formula is C17H22N6OS. The van der Waals surface area contributed by atoms with Crippen molar-refractivity contribution in [2.75, 3.05) is 25.3 Å². The molecule has 1 unspecified atom stereocenters. The average Bonchev–Trinajstić information content (AvgIpc) is 3.01. The predicted molar refractivity (Wildman–Crippen MR) is 98.8 cm³/mol. The van der Waals surface area contributed by atoms with Crippen molar-refractivity contribution in [2.24, 2.45) is 0 Å². The van der Waals surface area contributed by atoms with Crippen LogP contribution in [0.2, 0.25) is 0 Å². The Hall–Kier alpha value is -2.48. The van der Waals surface area contributed by atoms with Crippen LogP contribution in [0.25, 0.3) is 5.78 Å². The fourth-order valence-electron chi connectivity index (χ4n) is 2.91. The largest absolute Gasteiger partial charge is 0.362 e. The van der Waals surface area contributed by atoms with Gasteiger partial charge in [-0.2, -0.15) is 14.6 Å². The third kappa shape index (κ3) is 3.34. The number of nitrogens with zero attached hydrogens (tertiary/aromatic N) is 5. The second-order valence-corrected chi connectivity index (χ2v) is 8.40. The van der Waals surface area contributed by atoms with Crippen molar-refractivity contribution in [1.29, 1.82) is 4.78 Å². The SMILES string of the molecule is CCc1nc2ncnn2c(N(C)C)c1Cc1ccc(S(C)(=N)=O)cc1. The minimum atomic E-state index is -2.69. The zero-order valence-corrected chi connectivity index (χ0v) is 15.7. The Morgan fingerprint density at radius 2 is 1.92 bits per heavy atom. The van der Waals surface area contributed by atoms with Gasteiger partial charge in [-0.25, -0.2) is 14.0 Å². The van der Waals surface area contributed by atoms with E-state index in [0.29, 0.717) is 17.1 Å². The van der Waals surface area contributed by atoms with Gasteiger partial charge in [-0.3, -0.25) is 0 Å². The van der Waals surface area contributed by atoms with E-state index in [9.17, 15) is 4.21 Å². The molecule has 0 fully saturated rings. The molecule has 0 aliphatic heterocycles. The molecule has 1 N–H and O–H groups in total. The predicted octanol–water partition coefficient (Wildman–Crippen LogP) is 2.38. The zero-order valence-electron chi connectivity index (χ0n) is 14.9. The molecule has 3 rings (SSSR count). The van der Waals surface area contributed by atoms with Gasteiger partial charge in [0.2, 0.25) is 0 Å². The average molecular weight is 358 g/mol. The molecule has 0 radical (unpaired) electrons. The molecule has 3 aromatic rings. The molecule has 0 amide bonds. The summed E-state index contributed by atoms with van der Waals surface area (Å²) in [6.45, 7) is 2.08. The molecule has 0 saturated carbocycles. The van der Waals surface area contributed by atoms with Gasteiger partial charge in [0, 0.05) is 37.2 Å². The van der Waals surface area contributed by atoms with Gasteiger partial charge in [0.1, 0.15) is 12.1 Å². The van der Waals surface area contributed by atoms with Crippen LogP contribution in [-0.4, -0.2) is 44.1 Å². The smallest absolute Gasteiger partial charge is 0.254 e. The highest BCUT2D eigenvalue weighted by Crippen LogP contribution is 2.26. The summed E-state index contributed by atoms with van der Waals surface area (Å²) in [6.07, 6.45) is 4.43. The van der Waals surface area contributed by atoms with E-state index in [1.807, 2.05) is 31.1 Å². The van der Waals surface area contributed by atoms with E-state index >= 15 is 0 Å². The highest BCUT2D eigenvalue weighted by atomic mass is 32.2. The lowest BCUT2D eigenvalue weighted by Crippen LogP contribution is -2.19. The number of hydrogen-bond donors (Lipinski definition) is 1. The normalized spacial score (nSPS) is 13.8. The highest BCUT2D eigenvalue weighted by molar-refractivity contribution is 7.91. The van der Waals surface area contributed by atoms with E-state index in [0.717, 1.165) is 29.1 Å². The van der Waals surface area contributed by atoms with Crippen LogP contribution in [0.15, 0.2) is 35.5 Å². The Labute approximate surface area is 147 Å². The molecule has 8 heteroatoms. The standard InChI is InChI=1S/C17H22N6OS/c1-5-15-14(10-12-6-8-13(9-7-12)25(4,18)24)16(22(2)3)23-17(21-15)19-11-20-23/h6-9,11,18H,5,10H2,1-4H3. The Morgan fingerprint density at radius 3 is 2.48 bits per heavy atom. The number of nitrogens with one attached hydrogen (secondary N) is 1. The van der Waals surface area contributed by atoms with E-state index in [2.05, 4.69) is 22.0 Å². The fraction of sp³-hybridized carbons (Fsp3) is 0.353. The zero-order chi connectivity index (χ0) is 18.2. The molecule has 25 heavy (non-hydrogen) atoms. The lowest BCUT2D eigenvalue weighted by Gasteiger charge is -2.20. The second kappa shape index (κ2) is 6.44. The molecule has 132 valence electrons. The summed E-state index contributed by atoms with van der Waals surface area (Å²) in [5.41, 5.74) is 3.17. The van der Waals surface area contributed by atoms with Gasteiger partial charge in [-0.15, -0.1) is 0 Å². The Balaban J connectivity index is 2.10. The lowest BCUT2D eigenvalue weighted by atomic mass is 10.0. The number of rotatable bonds is 5. The van der Waals surface area contributed by atoms with Crippen molar-refractivity contribution < 1.29 is 4.21 Å². The third-order valence-corrected chi connectivity index (χ3v) is 5.27. The minimum Gasteiger partial charge on any atom is -0.362 e. The van der Waals surface area contributed by atoms with Crippen LogP contribution < -0.4 is 4.90 Å². The topological polar surface area (TPSA) is 87.2 Å². The number of aromatic nitrogens is 4. The maximum absolute atomic E-state index is 11.9. The number of benzene rings is 1. The van der Waals surface area contributed by atoms with Gasteiger partial charge >= 0.3 is 0 Å². The first-order chi connectivity index (χ1) is 11.8. The number of fused-ring (bicyclic) bond motifs is 1. The molecule has 0 spiro atoms. The second-order valence-electron chi connectivity index (χ2n) is 6.24. The number of anilines is 1. The summed E-state index contributed by atoms with van der Waals surface area (Å²) < 4.78 is 21.3. The molecule has 2 aromatic heterocycles. The Morgan fingerprint density at radius 1 is 1.24 bits per heavy atom. The minimum absolute atomic E-state index is 0.546. The van der Waals surface area contributed by atoms with Gasteiger partial charge in [0.05, 0.1) is 15.4 Å². The van der Waals surface area contributed by atoms with Crippen molar-refractivity contribution in [3.63, 3.8) is 0 Å². The van der Waals surface area contributed by atoms with Crippen LogP contribution in [0.3, 0.4) is 0 Å². The summed E-state index contributed by atoms with van der Waals surface area (Å²) in [7, 11) is 1.27. The third-order valence-electron chi connectivity index (χ3n) is 4.10. The molecule has 2 heterocycles. The summed E-state index contributed by atoms with van der Waals surface area (Å²) in [4.78, 5) is 11.4. The monoisotopic (exact) mass is 358 g/mol. The van der Waals surface area contributed by atoms with Crippen LogP contribution in [0.1, 0.15) is 23.7 Å². The van der Waals surface area contributed by atoms with E-state index in [-0.39, 0.29) is 0 Å². The lowest BCUT2D eigenvalue weighted by molar-refractivity contribution is 0.679. The van der Waals surface area contributed by atoms with Crippen molar-refractivity contribution >= 4 is 21.3 Å². The van der Waals surface area contributed by atoms with Gasteiger partial charge in [0.25, 0.3) is 5.78 Å². The van der Waals surface area contributed by atoms with Crippen LogP contribution in [0.5, 0.6) is 0 Å². The summed E-state index contributed by atoms with van der Waals surface area (Å²) in [5, 5.41) is 4.30. The van der Waals surface area contributed by atoms with E-state index in [1.165, 1.54) is 12.6 Å². The Bertz CT molecular complexity index is 1010. The van der Waals surface area contributed by atoms with Crippen molar-refractivity contribution in [2.45, 2.75) is 24.7 Å². The summed E-state index contributed by atoms with van der Waals surface area (Å²) in [5.74, 6) is 1.56. The van der Waals surface area contributed by atoms with E-state index in [4.69, 9.17) is 4.78 Å². The molecular weight excluding hydrogens is 336 g/mol. The molecule has 1 aromatic carbocycles. The van der Waals surface area contributed by atoms with Gasteiger partial charge < -0.3 is 4.90 Å². The quantitative estimate of drug-likeness (QED) is 0.756. The highest BCUT2D eigenvalue weighted by Gasteiger charge is 2.18. The van der Waals surface area contributed by atoms with Gasteiger partial charge in [-0.1, -0.05) is 19.1 Å². The first kappa shape index (κ1) is 17.3. The first-order valence-corrected chi connectivity index (χ1v) is 9.99. The molecule has 0 aliphatic rings. The van der Waals surface area contributed by atoms with Crippen molar-refractivity contribution in [3.8, 4) is 0 Å². The fourth-order valence-corrected chi connectivity index (χ4v) is 3.57. The summed E-state index contributed by atoms with van der Waals surface area (Å²) in [6, 6.07) is 7.40. The first-order valence-electron chi connectivity index (χ1n) is 8.02. The van der Waals surface area contributed by atoms with Gasteiger partial charge in [-0.05, 0) is 24.1 Å². The number of aryl methyl sites for hydroxylation is 1. The molecule has 0 aliphatic carbocycles. The van der Waals surface area contributed by atoms with Crippen LogP contribution >= 0.6 is 0 Å². The van der Waals surface area contributed by atoms with Crippen molar-refractivity contribution in [3.05, 3.63) is 47.4 Å². The van der Waals surface area contributed by atoms with Gasteiger partial charge in [0.15, 0.2) is 0 Å². The van der Waals surface area contributed by atoms with Crippen LogP contribution in [0, 0.1) is 4.78 Å². The van der Waals surface area contributed by atoms with E-state index < -0.39 is 9.73 Å². The molecule has 1 atom stereocenters. The maximum Gasteiger partial charge on any atom is 0.254 e. The van der Waals surface area contributed by atoms with Crippen LogP contribution in [0.4, 0.5) is 5.82 Å². The number of hydrogen-bond acceptors (Lipinski definition) is 6. The Kier molecular flexibility index (Phi) is 4.47. The van der Waals surface area contributed by atoms with Crippen LogP contribution in [-0.2, 0) is 22.6 Å².